The predicted molar refractivity (Wildman–Crippen MR) is 259 cm³/mol. The van der Waals surface area contributed by atoms with Crippen molar-refractivity contribution in [2.45, 2.75) is 0 Å². The average molecular weight is 805 g/mol. The summed E-state index contributed by atoms with van der Waals surface area (Å²) in [6.07, 6.45) is 0. The van der Waals surface area contributed by atoms with Gasteiger partial charge in [0.2, 0.25) is 0 Å². The van der Waals surface area contributed by atoms with Crippen LogP contribution in [0.4, 0.5) is 0 Å². The first kappa shape index (κ1) is 35.2. The van der Waals surface area contributed by atoms with E-state index in [4.69, 9.17) is 15.0 Å². The Morgan fingerprint density at radius 3 is 1.32 bits per heavy atom. The summed E-state index contributed by atoms with van der Waals surface area (Å²) in [6, 6.07) is 77.4. The van der Waals surface area contributed by atoms with Gasteiger partial charge in [-0.15, -0.1) is 0 Å². The van der Waals surface area contributed by atoms with Crippen LogP contribution in [-0.2, 0) is 0 Å². The van der Waals surface area contributed by atoms with Gasteiger partial charge in [-0.1, -0.05) is 146 Å². The molecule has 294 valence electrons. The fourth-order valence-electron chi connectivity index (χ4n) is 9.71. The van der Waals surface area contributed by atoms with Gasteiger partial charge in [-0.2, -0.15) is 0 Å². The van der Waals surface area contributed by atoms with Crippen molar-refractivity contribution in [1.29, 1.82) is 0 Å². The maximum atomic E-state index is 5.16. The van der Waals surface area contributed by atoms with E-state index in [1.165, 1.54) is 27.1 Å². The number of hydrogen-bond donors (Lipinski definition) is 0. The van der Waals surface area contributed by atoms with Gasteiger partial charge in [-0.3, -0.25) is 0 Å². The Morgan fingerprint density at radius 2 is 0.698 bits per heavy atom. The molecule has 0 fully saturated rings. The lowest BCUT2D eigenvalue weighted by molar-refractivity contribution is 1.07. The second kappa shape index (κ2) is 14.0. The van der Waals surface area contributed by atoms with Gasteiger partial charge >= 0.3 is 0 Å². The second-order valence-electron chi connectivity index (χ2n) is 16.0. The Labute approximate surface area is 362 Å². The molecule has 0 atom stereocenters. The molecule has 13 rings (SSSR count). The molecule has 13 aromatic rings. The Kier molecular flexibility index (Phi) is 7.80. The highest BCUT2D eigenvalue weighted by atomic mass is 15.0. The first-order valence-corrected chi connectivity index (χ1v) is 21.3. The summed E-state index contributed by atoms with van der Waals surface area (Å²) in [5.41, 5.74) is 13.0. The van der Waals surface area contributed by atoms with Gasteiger partial charge in [0.25, 0.3) is 0 Å². The fourth-order valence-corrected chi connectivity index (χ4v) is 9.71. The summed E-state index contributed by atoms with van der Waals surface area (Å²) in [7, 11) is 0. The van der Waals surface area contributed by atoms with Gasteiger partial charge in [-0.25, -0.2) is 15.0 Å². The van der Waals surface area contributed by atoms with Crippen molar-refractivity contribution in [1.82, 2.24) is 28.7 Å². The molecule has 0 amide bonds. The van der Waals surface area contributed by atoms with Crippen molar-refractivity contribution in [3.8, 4) is 51.2 Å². The maximum Gasteiger partial charge on any atom is 0.164 e. The van der Waals surface area contributed by atoms with E-state index >= 15 is 0 Å². The normalized spacial score (nSPS) is 11.8. The number of aromatic nitrogens is 6. The van der Waals surface area contributed by atoms with E-state index in [0.29, 0.717) is 17.5 Å². The number of rotatable bonds is 6. The smallest absolute Gasteiger partial charge is 0.164 e. The van der Waals surface area contributed by atoms with Crippen molar-refractivity contribution in [3.05, 3.63) is 218 Å². The summed E-state index contributed by atoms with van der Waals surface area (Å²) in [4.78, 5) is 15.3. The largest absolute Gasteiger partial charge is 0.309 e. The molecule has 63 heavy (non-hydrogen) atoms. The first-order chi connectivity index (χ1) is 31.3. The Morgan fingerprint density at radius 1 is 0.254 bits per heavy atom. The summed E-state index contributed by atoms with van der Waals surface area (Å²) in [5.74, 6) is 1.89. The zero-order valence-electron chi connectivity index (χ0n) is 34.0. The molecule has 9 aromatic carbocycles. The molecule has 0 saturated heterocycles. The highest BCUT2D eigenvalue weighted by Gasteiger charge is 2.23. The molecule has 0 radical (unpaired) electrons. The van der Waals surface area contributed by atoms with Crippen LogP contribution in [0.1, 0.15) is 0 Å². The number of para-hydroxylation sites is 4. The number of fused-ring (bicyclic) bond motifs is 10. The van der Waals surface area contributed by atoms with Crippen LogP contribution in [0.25, 0.3) is 117 Å². The van der Waals surface area contributed by atoms with Gasteiger partial charge in [0.1, 0.15) is 0 Å². The topological polar surface area (TPSA) is 53.5 Å². The second-order valence-corrected chi connectivity index (χ2v) is 16.0. The molecular formula is C57H36N6. The van der Waals surface area contributed by atoms with Gasteiger partial charge in [-0.05, 0) is 72.8 Å². The third-order valence-corrected chi connectivity index (χ3v) is 12.5. The molecule has 6 heteroatoms. The summed E-state index contributed by atoms with van der Waals surface area (Å²) in [5, 5.41) is 7.12. The van der Waals surface area contributed by atoms with Crippen LogP contribution in [0.5, 0.6) is 0 Å². The van der Waals surface area contributed by atoms with Crippen LogP contribution < -0.4 is 0 Å². The third-order valence-electron chi connectivity index (χ3n) is 12.5. The van der Waals surface area contributed by atoms with Crippen LogP contribution in [0.3, 0.4) is 0 Å². The van der Waals surface area contributed by atoms with Gasteiger partial charge < -0.3 is 13.7 Å². The van der Waals surface area contributed by atoms with E-state index in [-0.39, 0.29) is 0 Å². The Balaban J connectivity index is 1.13. The van der Waals surface area contributed by atoms with Crippen LogP contribution in [0, 0.1) is 0 Å². The highest BCUT2D eigenvalue weighted by Crippen LogP contribution is 2.44. The fraction of sp³-hybridized carbons (Fsp3) is 0. The van der Waals surface area contributed by atoms with Crippen molar-refractivity contribution in [2.75, 3.05) is 0 Å². The van der Waals surface area contributed by atoms with Crippen molar-refractivity contribution in [2.24, 2.45) is 0 Å². The lowest BCUT2D eigenvalue weighted by atomic mass is 10.1. The minimum atomic E-state index is 0.622. The molecular weight excluding hydrogens is 769 g/mol. The summed E-state index contributed by atoms with van der Waals surface area (Å²) in [6.45, 7) is 0. The molecule has 0 N–H and O–H groups in total. The molecule has 0 bridgehead atoms. The zero-order chi connectivity index (χ0) is 41.4. The molecule has 4 aromatic heterocycles. The molecule has 0 aliphatic carbocycles. The van der Waals surface area contributed by atoms with Crippen molar-refractivity contribution >= 4 is 65.4 Å². The van der Waals surface area contributed by atoms with Gasteiger partial charge in [0, 0.05) is 66.1 Å². The zero-order valence-corrected chi connectivity index (χ0v) is 34.0. The molecule has 6 nitrogen and oxygen atoms in total. The van der Waals surface area contributed by atoms with E-state index in [9.17, 15) is 0 Å². The number of benzene rings is 9. The minimum Gasteiger partial charge on any atom is -0.309 e. The van der Waals surface area contributed by atoms with Crippen LogP contribution in [0.15, 0.2) is 218 Å². The van der Waals surface area contributed by atoms with Crippen molar-refractivity contribution < 1.29 is 0 Å². The summed E-state index contributed by atoms with van der Waals surface area (Å²) < 4.78 is 7.27. The van der Waals surface area contributed by atoms with Crippen LogP contribution in [0.2, 0.25) is 0 Å². The lowest BCUT2D eigenvalue weighted by Crippen LogP contribution is -2.00. The lowest BCUT2D eigenvalue weighted by Gasteiger charge is -2.12. The molecule has 0 unspecified atom stereocenters. The van der Waals surface area contributed by atoms with Gasteiger partial charge in [0.05, 0.1) is 33.1 Å². The van der Waals surface area contributed by atoms with Crippen molar-refractivity contribution in [3.63, 3.8) is 0 Å². The quantitative estimate of drug-likeness (QED) is 0.168. The average Bonchev–Trinajstić information content (AvgIpc) is 4.00. The van der Waals surface area contributed by atoms with E-state index in [2.05, 4.69) is 196 Å². The molecule has 0 spiro atoms. The third kappa shape index (κ3) is 5.48. The number of nitrogens with zero attached hydrogens (tertiary/aromatic N) is 6. The monoisotopic (exact) mass is 804 g/mol. The highest BCUT2D eigenvalue weighted by molar-refractivity contribution is 6.26. The minimum absolute atomic E-state index is 0.622. The molecule has 0 aliphatic heterocycles. The number of hydrogen-bond acceptors (Lipinski definition) is 3. The SMILES string of the molecule is c1ccc(-c2nc(-c3ccccc3)nc(-c3ccc4c(c3)c3c(ccc5c6ccccc6n(-c6ccc7c8ccccc8n(-c8ccccc8)c7c6)c53)n4-c3ccccc3)n2)cc1. The van der Waals surface area contributed by atoms with E-state index in [1.54, 1.807) is 0 Å². The standard InChI is InChI=1S/C57H36N6/c1-5-17-37(18-6-1)55-58-56(38-19-7-2-8-20-38)60-57(59-55)39-29-33-50-47(35-39)53-51(61(50)40-21-9-3-10-22-40)34-32-46-44-26-14-16-28-49(44)63(54(46)53)42-30-31-45-43-25-13-15-27-48(43)62(52(45)36-42)41-23-11-4-12-24-41/h1-36H. The molecule has 0 aliphatic rings. The van der Waals surface area contributed by atoms with Gasteiger partial charge in [0.15, 0.2) is 17.5 Å². The van der Waals surface area contributed by atoms with Crippen LogP contribution >= 0.6 is 0 Å². The predicted octanol–water partition coefficient (Wildman–Crippen LogP) is 14.2. The first-order valence-electron chi connectivity index (χ1n) is 21.3. The van der Waals surface area contributed by atoms with E-state index < -0.39 is 0 Å². The molecule has 0 saturated carbocycles. The van der Waals surface area contributed by atoms with E-state index in [1.807, 2.05) is 36.4 Å². The maximum absolute atomic E-state index is 5.16. The summed E-state index contributed by atoms with van der Waals surface area (Å²) >= 11 is 0. The van der Waals surface area contributed by atoms with Crippen LogP contribution in [-0.4, -0.2) is 28.7 Å². The van der Waals surface area contributed by atoms with E-state index in [0.717, 1.165) is 72.1 Å². The Bertz CT molecular complexity index is 3830. The molecule has 4 heterocycles. The Hall–Kier alpha value is -8.61.